The number of nitriles is 1. The predicted molar refractivity (Wildman–Crippen MR) is 42.9 cm³/mol. The van der Waals surface area contributed by atoms with Crippen LogP contribution in [-0.4, -0.2) is 0 Å². The normalized spacial score (nSPS) is 8.64. The third-order valence-corrected chi connectivity index (χ3v) is 1.78. The maximum atomic E-state index is 10.2. The van der Waals surface area contributed by atoms with Gasteiger partial charge in [0, 0.05) is 9.77 Å². The lowest BCUT2D eigenvalue weighted by molar-refractivity contribution is 0.604. The van der Waals surface area contributed by atoms with Crippen molar-refractivity contribution >= 4 is 11.7 Å². The van der Waals surface area contributed by atoms with Gasteiger partial charge >= 0.3 is 11.7 Å². The molecule has 0 aromatic heterocycles. The highest BCUT2D eigenvalue weighted by molar-refractivity contribution is 7.64. The van der Waals surface area contributed by atoms with Crippen LogP contribution in [0.1, 0.15) is 11.1 Å². The summed E-state index contributed by atoms with van der Waals surface area (Å²) in [5.74, 6) is 0.365. The fourth-order valence-corrected chi connectivity index (χ4v) is 1.20. The Morgan fingerprint density at radius 2 is 2.18 bits per heavy atom. The minimum atomic E-state index is 0.365. The Kier molecular flexibility index (Phi) is 2.70. The van der Waals surface area contributed by atoms with E-state index in [2.05, 4.69) is 0 Å². The van der Waals surface area contributed by atoms with E-state index >= 15 is 0 Å². The molecule has 2 nitrogen and oxygen atoms in total. The van der Waals surface area contributed by atoms with Crippen molar-refractivity contribution in [3.8, 4) is 6.07 Å². The molecule has 54 valence electrons. The Morgan fingerprint density at radius 3 is 2.82 bits per heavy atom. The molecule has 1 rings (SSSR count). The van der Waals surface area contributed by atoms with E-state index in [1.165, 1.54) is 0 Å². The second-order valence-electron chi connectivity index (χ2n) is 2.03. The first-order valence-electron chi connectivity index (χ1n) is 3.11. The maximum absolute atomic E-state index is 10.2. The van der Waals surface area contributed by atoms with Crippen LogP contribution in [0.2, 0.25) is 0 Å². The molecule has 1 aromatic rings. The third kappa shape index (κ3) is 1.82. The van der Waals surface area contributed by atoms with E-state index in [1.54, 1.807) is 18.2 Å². The second kappa shape index (κ2) is 3.79. The minimum absolute atomic E-state index is 0.365. The quantitative estimate of drug-likeness (QED) is 0.621. The topological polar surface area (TPSA) is 40.9 Å². The first-order valence-corrected chi connectivity index (χ1v) is 4.02. The van der Waals surface area contributed by atoms with E-state index < -0.39 is 0 Å². The van der Waals surface area contributed by atoms with Gasteiger partial charge in [0.2, 0.25) is 0 Å². The highest BCUT2D eigenvalue weighted by atomic mass is 32.1. The Hall–Kier alpha value is -1.27. The molecule has 11 heavy (non-hydrogen) atoms. The summed E-state index contributed by atoms with van der Waals surface area (Å²) in [6.07, 6.45) is 0. The average molecular weight is 164 g/mol. The van der Waals surface area contributed by atoms with Gasteiger partial charge < -0.3 is 0 Å². The molecule has 0 amide bonds. The van der Waals surface area contributed by atoms with Gasteiger partial charge in [-0.15, -0.1) is 0 Å². The lowest BCUT2D eigenvalue weighted by atomic mass is 10.1. The summed E-state index contributed by atoms with van der Waals surface area (Å²) in [4.78, 5) is 0. The Morgan fingerprint density at radius 1 is 1.45 bits per heavy atom. The molecule has 0 radical (unpaired) electrons. The van der Waals surface area contributed by atoms with Gasteiger partial charge in [-0.1, -0.05) is 18.2 Å². The molecular weight excluding hydrogens is 158 g/mol. The van der Waals surface area contributed by atoms with E-state index in [0.717, 1.165) is 5.56 Å². The van der Waals surface area contributed by atoms with E-state index in [0.29, 0.717) is 23.0 Å². The van der Waals surface area contributed by atoms with Crippen molar-refractivity contribution in [2.75, 3.05) is 0 Å². The molecule has 0 unspecified atom stereocenters. The summed E-state index contributed by atoms with van der Waals surface area (Å²) in [6.45, 7) is 0. The minimum Gasteiger partial charge on any atom is -0.192 e. The Balaban J connectivity index is 3.04. The molecule has 0 aliphatic carbocycles. The highest BCUT2D eigenvalue weighted by Gasteiger charge is 2.06. The van der Waals surface area contributed by atoms with E-state index in [9.17, 15) is 4.21 Å². The van der Waals surface area contributed by atoms with Gasteiger partial charge in [-0.3, -0.25) is 0 Å². The molecule has 3 heteroatoms. The van der Waals surface area contributed by atoms with Gasteiger partial charge in [0.05, 0.1) is 11.6 Å². The molecule has 1 aromatic carbocycles. The van der Waals surface area contributed by atoms with Gasteiger partial charge in [0.25, 0.3) is 5.75 Å². The van der Waals surface area contributed by atoms with E-state index in [-0.39, 0.29) is 0 Å². The number of rotatable bonds is 2. The molecule has 0 aliphatic heterocycles. The fraction of sp³-hybridized carbons (Fsp3) is 0.125. The zero-order chi connectivity index (χ0) is 8.10. The van der Waals surface area contributed by atoms with Crippen LogP contribution in [0, 0.1) is 11.3 Å². The van der Waals surface area contributed by atoms with Gasteiger partial charge in [-0.2, -0.15) is 5.26 Å². The molecule has 0 heterocycles. The molecule has 0 atom stereocenters. The van der Waals surface area contributed by atoms with Crippen LogP contribution in [-0.2, 0) is 21.6 Å². The Labute approximate surface area is 69.0 Å². The first-order chi connectivity index (χ1) is 5.38. The van der Waals surface area contributed by atoms with Crippen LogP contribution < -0.4 is 0 Å². The van der Waals surface area contributed by atoms with Crippen LogP contribution in [0.4, 0.5) is 0 Å². The second-order valence-corrected chi connectivity index (χ2v) is 2.56. The molecule has 0 N–H and O–H groups in total. The number of hydrogen-bond acceptors (Lipinski definition) is 2. The molecule has 0 fully saturated rings. The van der Waals surface area contributed by atoms with Crippen LogP contribution >= 0.6 is 0 Å². The summed E-state index contributed by atoms with van der Waals surface area (Å²) >= 11 is 0.483. The zero-order valence-electron chi connectivity index (χ0n) is 5.78. The smallest absolute Gasteiger partial charge is 0.192 e. The lowest BCUT2D eigenvalue weighted by Gasteiger charge is -1.90. The van der Waals surface area contributed by atoms with Crippen molar-refractivity contribution in [2.45, 2.75) is 5.75 Å². The van der Waals surface area contributed by atoms with Gasteiger partial charge in [-0.25, -0.2) is 0 Å². The molecule has 0 bridgehead atoms. The first kappa shape index (κ1) is 7.83. The highest BCUT2D eigenvalue weighted by Crippen LogP contribution is 2.06. The van der Waals surface area contributed by atoms with Crippen molar-refractivity contribution in [2.24, 2.45) is 0 Å². The number of hydrogen-bond donors (Lipinski definition) is 0. The van der Waals surface area contributed by atoms with Gasteiger partial charge in [0.15, 0.2) is 0 Å². The van der Waals surface area contributed by atoms with Crippen molar-refractivity contribution in [3.05, 3.63) is 35.4 Å². The van der Waals surface area contributed by atoms with Crippen molar-refractivity contribution in [3.63, 3.8) is 0 Å². The van der Waals surface area contributed by atoms with Crippen LogP contribution in [0.25, 0.3) is 0 Å². The fourth-order valence-electron chi connectivity index (χ4n) is 0.819. The Bertz CT molecular complexity index is 303. The molecule has 0 saturated carbocycles. The molecule has 0 saturated heterocycles. The number of benzene rings is 1. The van der Waals surface area contributed by atoms with Crippen molar-refractivity contribution in [1.29, 1.82) is 5.26 Å². The standard InChI is InChI=1S/C8H6NOS/c9-5-7-3-1-2-4-8(7)6-11-10/h1-4H,6H2/q+1. The predicted octanol–water partition coefficient (Wildman–Crippen LogP) is 1.49. The molecule has 0 spiro atoms. The summed E-state index contributed by atoms with van der Waals surface area (Å²) < 4.78 is 10.2. The van der Waals surface area contributed by atoms with Crippen LogP contribution in [0.15, 0.2) is 24.3 Å². The van der Waals surface area contributed by atoms with Crippen molar-refractivity contribution in [1.82, 2.24) is 0 Å². The average Bonchev–Trinajstić information content (AvgIpc) is 2.06. The van der Waals surface area contributed by atoms with Crippen LogP contribution in [0.3, 0.4) is 0 Å². The lowest BCUT2D eigenvalue weighted by Crippen LogP contribution is -1.86. The van der Waals surface area contributed by atoms with Crippen LogP contribution in [0.5, 0.6) is 0 Å². The summed E-state index contributed by atoms with van der Waals surface area (Å²) in [5.41, 5.74) is 1.41. The zero-order valence-corrected chi connectivity index (χ0v) is 6.60. The third-order valence-electron chi connectivity index (χ3n) is 1.35. The molecule has 0 aliphatic rings. The van der Waals surface area contributed by atoms with Gasteiger partial charge in [0.1, 0.15) is 0 Å². The SMILES string of the molecule is N#Cc1ccccc1C[S+]=O. The summed E-state index contributed by atoms with van der Waals surface area (Å²) in [7, 11) is 0. The van der Waals surface area contributed by atoms with Gasteiger partial charge in [-0.05, 0) is 6.07 Å². The monoisotopic (exact) mass is 164 g/mol. The van der Waals surface area contributed by atoms with E-state index in [4.69, 9.17) is 5.26 Å². The van der Waals surface area contributed by atoms with E-state index in [1.807, 2.05) is 12.1 Å². The summed E-state index contributed by atoms with van der Waals surface area (Å²) in [5, 5.41) is 8.58. The largest absolute Gasteiger partial charge is 0.463 e. The molecular formula is C8H6NOS+. The summed E-state index contributed by atoms with van der Waals surface area (Å²) in [6, 6.07) is 9.15. The van der Waals surface area contributed by atoms with Crippen molar-refractivity contribution < 1.29 is 4.21 Å². The maximum Gasteiger partial charge on any atom is 0.463 e. The number of nitrogens with zero attached hydrogens (tertiary/aromatic N) is 1.